The molecule has 2 saturated heterocycles. The summed E-state index contributed by atoms with van der Waals surface area (Å²) in [4.78, 5) is 0. The van der Waals surface area contributed by atoms with Crippen LogP contribution in [0.3, 0.4) is 0 Å². The Balaban J connectivity index is 1.70. The van der Waals surface area contributed by atoms with Crippen molar-refractivity contribution in [1.82, 2.24) is 10.6 Å². The van der Waals surface area contributed by atoms with E-state index in [-0.39, 0.29) is 0 Å². The number of aliphatic hydroxyl groups excluding tert-OH is 1. The van der Waals surface area contributed by atoms with E-state index in [0.29, 0.717) is 12.6 Å². The molecule has 0 bridgehead atoms. The molecule has 2 rings (SSSR count). The Morgan fingerprint density at radius 3 is 2.77 bits per heavy atom. The molecule has 0 saturated carbocycles. The summed E-state index contributed by atoms with van der Waals surface area (Å²) in [7, 11) is 0. The molecule has 3 N–H and O–H groups in total. The third-order valence-corrected chi connectivity index (χ3v) is 3.31. The number of hydrogen-bond donors (Lipinski definition) is 3. The molecule has 13 heavy (non-hydrogen) atoms. The maximum atomic E-state index is 8.97. The monoisotopic (exact) mass is 184 g/mol. The maximum absolute atomic E-state index is 8.97. The Bertz CT molecular complexity index is 157. The van der Waals surface area contributed by atoms with Crippen molar-refractivity contribution in [3.63, 3.8) is 0 Å². The first kappa shape index (κ1) is 9.44. The van der Waals surface area contributed by atoms with E-state index in [9.17, 15) is 0 Å². The van der Waals surface area contributed by atoms with Gasteiger partial charge in [-0.25, -0.2) is 0 Å². The van der Waals surface area contributed by atoms with E-state index in [2.05, 4.69) is 10.6 Å². The van der Waals surface area contributed by atoms with Crippen LogP contribution in [-0.4, -0.2) is 36.9 Å². The zero-order chi connectivity index (χ0) is 9.10. The van der Waals surface area contributed by atoms with Crippen molar-refractivity contribution < 1.29 is 5.11 Å². The van der Waals surface area contributed by atoms with E-state index in [1.165, 1.54) is 25.8 Å². The SMILES string of the molecule is OCC1CC(CC2CCCN2)CN1. The van der Waals surface area contributed by atoms with Crippen molar-refractivity contribution in [1.29, 1.82) is 0 Å². The largest absolute Gasteiger partial charge is 0.395 e. The second kappa shape index (κ2) is 4.40. The predicted octanol–water partition coefficient (Wildman–Crippen LogP) is 0.0989. The molecular weight excluding hydrogens is 164 g/mol. The fourth-order valence-electron chi connectivity index (χ4n) is 2.58. The van der Waals surface area contributed by atoms with Gasteiger partial charge in [0.15, 0.2) is 0 Å². The Morgan fingerprint density at radius 2 is 2.15 bits per heavy atom. The second-order valence-electron chi connectivity index (χ2n) is 4.42. The van der Waals surface area contributed by atoms with E-state index in [4.69, 9.17) is 5.11 Å². The Kier molecular flexibility index (Phi) is 3.19. The van der Waals surface area contributed by atoms with Crippen molar-refractivity contribution >= 4 is 0 Å². The summed E-state index contributed by atoms with van der Waals surface area (Å²) >= 11 is 0. The third kappa shape index (κ3) is 2.42. The van der Waals surface area contributed by atoms with Gasteiger partial charge in [-0.1, -0.05) is 0 Å². The molecule has 0 aromatic rings. The molecule has 2 aliphatic rings. The number of aliphatic hydroxyl groups is 1. The van der Waals surface area contributed by atoms with Gasteiger partial charge < -0.3 is 15.7 Å². The van der Waals surface area contributed by atoms with Gasteiger partial charge >= 0.3 is 0 Å². The normalized spacial score (nSPS) is 39.9. The molecule has 3 heteroatoms. The molecular formula is C10H20N2O. The van der Waals surface area contributed by atoms with Crippen molar-refractivity contribution in [2.45, 2.75) is 37.8 Å². The zero-order valence-electron chi connectivity index (χ0n) is 8.13. The molecule has 76 valence electrons. The summed E-state index contributed by atoms with van der Waals surface area (Å²) in [5.41, 5.74) is 0. The summed E-state index contributed by atoms with van der Waals surface area (Å²) in [6.07, 6.45) is 5.15. The van der Waals surface area contributed by atoms with Gasteiger partial charge in [-0.05, 0) is 44.7 Å². The molecule has 0 aromatic heterocycles. The first-order chi connectivity index (χ1) is 6.38. The lowest BCUT2D eigenvalue weighted by molar-refractivity contribution is 0.251. The van der Waals surface area contributed by atoms with E-state index in [1.54, 1.807) is 0 Å². The van der Waals surface area contributed by atoms with Gasteiger partial charge in [-0.2, -0.15) is 0 Å². The highest BCUT2D eigenvalue weighted by atomic mass is 16.3. The standard InChI is InChI=1S/C10H20N2O/c13-7-10-5-8(6-12-10)4-9-2-1-3-11-9/h8-13H,1-7H2. The first-order valence-electron chi connectivity index (χ1n) is 5.46. The number of nitrogens with one attached hydrogen (secondary N) is 2. The Labute approximate surface area is 79.9 Å². The Hall–Kier alpha value is -0.120. The minimum absolute atomic E-state index is 0.300. The molecule has 2 aliphatic heterocycles. The number of rotatable bonds is 3. The van der Waals surface area contributed by atoms with Crippen LogP contribution in [0.2, 0.25) is 0 Å². The molecule has 3 nitrogen and oxygen atoms in total. The van der Waals surface area contributed by atoms with E-state index >= 15 is 0 Å². The summed E-state index contributed by atoms with van der Waals surface area (Å²) < 4.78 is 0. The van der Waals surface area contributed by atoms with Gasteiger partial charge in [-0.3, -0.25) is 0 Å². The highest BCUT2D eigenvalue weighted by Gasteiger charge is 2.26. The van der Waals surface area contributed by atoms with E-state index in [1.807, 2.05) is 0 Å². The van der Waals surface area contributed by atoms with Gasteiger partial charge in [0, 0.05) is 12.1 Å². The topological polar surface area (TPSA) is 44.3 Å². The fraction of sp³-hybridized carbons (Fsp3) is 1.00. The minimum Gasteiger partial charge on any atom is -0.395 e. The highest BCUT2D eigenvalue weighted by Crippen LogP contribution is 2.22. The molecule has 0 amide bonds. The lowest BCUT2D eigenvalue weighted by atomic mass is 9.96. The smallest absolute Gasteiger partial charge is 0.0584 e. The van der Waals surface area contributed by atoms with Gasteiger partial charge in [0.2, 0.25) is 0 Å². The van der Waals surface area contributed by atoms with E-state index < -0.39 is 0 Å². The van der Waals surface area contributed by atoms with Crippen LogP contribution in [0.25, 0.3) is 0 Å². The highest BCUT2D eigenvalue weighted by molar-refractivity contribution is 4.85. The molecule has 2 heterocycles. The van der Waals surface area contributed by atoms with Gasteiger partial charge in [0.25, 0.3) is 0 Å². The Morgan fingerprint density at radius 1 is 1.23 bits per heavy atom. The lowest BCUT2D eigenvalue weighted by Gasteiger charge is -2.14. The van der Waals surface area contributed by atoms with Crippen LogP contribution in [0.1, 0.15) is 25.7 Å². The average molecular weight is 184 g/mol. The molecule has 3 unspecified atom stereocenters. The minimum atomic E-state index is 0.300. The van der Waals surface area contributed by atoms with Crippen LogP contribution in [0.15, 0.2) is 0 Å². The van der Waals surface area contributed by atoms with Crippen molar-refractivity contribution in [3.05, 3.63) is 0 Å². The van der Waals surface area contributed by atoms with Crippen molar-refractivity contribution in [2.24, 2.45) is 5.92 Å². The number of hydrogen-bond acceptors (Lipinski definition) is 3. The van der Waals surface area contributed by atoms with Gasteiger partial charge in [0.1, 0.15) is 0 Å². The van der Waals surface area contributed by atoms with Crippen LogP contribution in [0.5, 0.6) is 0 Å². The molecule has 2 fully saturated rings. The molecule has 0 aliphatic carbocycles. The summed E-state index contributed by atoms with van der Waals surface area (Å²) in [5, 5.41) is 15.8. The summed E-state index contributed by atoms with van der Waals surface area (Å²) in [5.74, 6) is 0.785. The first-order valence-corrected chi connectivity index (χ1v) is 5.46. The molecule has 0 spiro atoms. The van der Waals surface area contributed by atoms with E-state index in [0.717, 1.165) is 24.9 Å². The zero-order valence-corrected chi connectivity index (χ0v) is 8.13. The lowest BCUT2D eigenvalue weighted by Crippen LogP contribution is -2.25. The summed E-state index contributed by atoms with van der Waals surface area (Å²) in [6.45, 7) is 2.60. The fourth-order valence-corrected chi connectivity index (χ4v) is 2.58. The van der Waals surface area contributed by atoms with Crippen LogP contribution >= 0.6 is 0 Å². The van der Waals surface area contributed by atoms with Crippen LogP contribution in [0, 0.1) is 5.92 Å². The quantitative estimate of drug-likeness (QED) is 0.583. The van der Waals surface area contributed by atoms with Crippen LogP contribution < -0.4 is 10.6 Å². The van der Waals surface area contributed by atoms with Crippen LogP contribution in [0.4, 0.5) is 0 Å². The van der Waals surface area contributed by atoms with Gasteiger partial charge in [0.05, 0.1) is 6.61 Å². The third-order valence-electron chi connectivity index (χ3n) is 3.31. The van der Waals surface area contributed by atoms with Crippen LogP contribution in [-0.2, 0) is 0 Å². The van der Waals surface area contributed by atoms with Gasteiger partial charge in [-0.15, -0.1) is 0 Å². The van der Waals surface area contributed by atoms with Crippen molar-refractivity contribution in [2.75, 3.05) is 19.7 Å². The maximum Gasteiger partial charge on any atom is 0.0584 e. The molecule has 0 radical (unpaired) electrons. The molecule has 3 atom stereocenters. The van der Waals surface area contributed by atoms with Crippen molar-refractivity contribution in [3.8, 4) is 0 Å². The second-order valence-corrected chi connectivity index (χ2v) is 4.42. The molecule has 0 aromatic carbocycles. The summed E-state index contributed by atoms with van der Waals surface area (Å²) in [6, 6.07) is 1.12. The average Bonchev–Trinajstić information content (AvgIpc) is 2.76. The predicted molar refractivity (Wildman–Crippen MR) is 52.6 cm³/mol.